The summed E-state index contributed by atoms with van der Waals surface area (Å²) in [7, 11) is -2.55. The molecule has 0 spiro atoms. The van der Waals surface area contributed by atoms with Crippen molar-refractivity contribution < 1.29 is 17.5 Å². The lowest BCUT2D eigenvalue weighted by molar-refractivity contribution is 0.406. The number of nitrogens with one attached hydrogen (secondary N) is 2. The lowest BCUT2D eigenvalue weighted by atomic mass is 10.1. The standard InChI is InChI=1S/C13H11FN4O3S2/c1-21-10-5-6-22-13(10)23(19,20)18-9-4-2-3-8(14)11(9)12-15-7-16-17-12/h2-7,18H,1H3,(H,15,16,17). The number of methoxy groups -OCH3 is 1. The number of rotatable bonds is 5. The Hall–Kier alpha value is -2.46. The van der Waals surface area contributed by atoms with E-state index in [0.29, 0.717) is 0 Å². The van der Waals surface area contributed by atoms with E-state index in [0.717, 1.165) is 11.3 Å². The molecule has 0 saturated heterocycles. The van der Waals surface area contributed by atoms with Gasteiger partial charge in [-0.15, -0.1) is 11.3 Å². The fourth-order valence-corrected chi connectivity index (χ4v) is 4.35. The molecule has 2 heterocycles. The minimum atomic E-state index is -3.93. The number of hydrogen-bond acceptors (Lipinski definition) is 6. The van der Waals surface area contributed by atoms with E-state index in [2.05, 4.69) is 19.9 Å². The van der Waals surface area contributed by atoms with Gasteiger partial charge in [-0.2, -0.15) is 5.10 Å². The highest BCUT2D eigenvalue weighted by molar-refractivity contribution is 7.94. The average Bonchev–Trinajstić information content (AvgIpc) is 3.18. The summed E-state index contributed by atoms with van der Waals surface area (Å²) in [6, 6.07) is 5.60. The lowest BCUT2D eigenvalue weighted by Crippen LogP contribution is -2.13. The first-order valence-corrected chi connectivity index (χ1v) is 8.68. The smallest absolute Gasteiger partial charge is 0.275 e. The second-order valence-corrected chi connectivity index (χ2v) is 7.17. The first-order valence-electron chi connectivity index (χ1n) is 6.31. The van der Waals surface area contributed by atoms with Crippen molar-refractivity contribution in [3.05, 3.63) is 41.8 Å². The fourth-order valence-electron chi connectivity index (χ4n) is 2.00. The van der Waals surface area contributed by atoms with Crippen LogP contribution >= 0.6 is 11.3 Å². The van der Waals surface area contributed by atoms with Crippen LogP contribution < -0.4 is 9.46 Å². The summed E-state index contributed by atoms with van der Waals surface area (Å²) in [6.45, 7) is 0. The Morgan fingerprint density at radius 1 is 1.35 bits per heavy atom. The summed E-state index contributed by atoms with van der Waals surface area (Å²) < 4.78 is 46.6. The second-order valence-electron chi connectivity index (χ2n) is 4.38. The van der Waals surface area contributed by atoms with Gasteiger partial charge in [0.25, 0.3) is 10.0 Å². The molecule has 3 rings (SSSR count). The van der Waals surface area contributed by atoms with Gasteiger partial charge in [0.15, 0.2) is 10.0 Å². The van der Waals surface area contributed by atoms with Gasteiger partial charge in [0.05, 0.1) is 18.4 Å². The SMILES string of the molecule is COc1ccsc1S(=O)(=O)Nc1cccc(F)c1-c1ncn[nH]1. The second kappa shape index (κ2) is 5.97. The molecule has 0 atom stereocenters. The van der Waals surface area contributed by atoms with Gasteiger partial charge in [0, 0.05) is 0 Å². The number of anilines is 1. The quantitative estimate of drug-likeness (QED) is 0.734. The molecular formula is C13H11FN4O3S2. The van der Waals surface area contributed by atoms with Crippen LogP contribution in [0.15, 0.2) is 40.2 Å². The van der Waals surface area contributed by atoms with E-state index in [4.69, 9.17) is 4.74 Å². The molecule has 120 valence electrons. The summed E-state index contributed by atoms with van der Waals surface area (Å²) in [5.74, 6) is -0.279. The van der Waals surface area contributed by atoms with E-state index in [1.165, 1.54) is 31.6 Å². The summed E-state index contributed by atoms with van der Waals surface area (Å²) in [5.41, 5.74) is 0.0429. The fraction of sp³-hybridized carbons (Fsp3) is 0.0769. The minimum Gasteiger partial charge on any atom is -0.494 e. The number of aromatic nitrogens is 3. The van der Waals surface area contributed by atoms with E-state index in [1.807, 2.05) is 0 Å². The molecule has 0 aliphatic heterocycles. The third kappa shape index (κ3) is 2.90. The maximum absolute atomic E-state index is 14.1. The van der Waals surface area contributed by atoms with Crippen molar-refractivity contribution in [1.82, 2.24) is 15.2 Å². The molecule has 0 unspecified atom stereocenters. The Bertz CT molecular complexity index is 923. The van der Waals surface area contributed by atoms with Crippen LogP contribution in [-0.4, -0.2) is 30.7 Å². The Kier molecular flexibility index (Phi) is 4.01. The highest BCUT2D eigenvalue weighted by Gasteiger charge is 2.24. The molecule has 0 aliphatic rings. The highest BCUT2D eigenvalue weighted by atomic mass is 32.2. The Balaban J connectivity index is 2.06. The van der Waals surface area contributed by atoms with Gasteiger partial charge in [-0.25, -0.2) is 17.8 Å². The molecule has 2 aromatic heterocycles. The molecule has 0 fully saturated rings. The molecule has 0 radical (unpaired) electrons. The van der Waals surface area contributed by atoms with Crippen LogP contribution in [0.3, 0.4) is 0 Å². The van der Waals surface area contributed by atoms with Gasteiger partial charge in [-0.1, -0.05) is 6.07 Å². The zero-order valence-electron chi connectivity index (χ0n) is 11.8. The Labute approximate surface area is 135 Å². The predicted octanol–water partition coefficient (Wildman–Crippen LogP) is 2.48. The molecule has 0 bridgehead atoms. The van der Waals surface area contributed by atoms with Crippen molar-refractivity contribution in [2.75, 3.05) is 11.8 Å². The van der Waals surface area contributed by atoms with Crippen molar-refractivity contribution in [3.8, 4) is 17.1 Å². The number of H-pyrrole nitrogens is 1. The monoisotopic (exact) mass is 354 g/mol. The molecule has 23 heavy (non-hydrogen) atoms. The summed E-state index contributed by atoms with van der Waals surface area (Å²) >= 11 is 1.00. The molecule has 2 N–H and O–H groups in total. The van der Waals surface area contributed by atoms with Crippen molar-refractivity contribution in [2.24, 2.45) is 0 Å². The van der Waals surface area contributed by atoms with Gasteiger partial charge < -0.3 is 4.74 Å². The lowest BCUT2D eigenvalue weighted by Gasteiger charge is -2.11. The number of thiophene rings is 1. The maximum atomic E-state index is 14.1. The van der Waals surface area contributed by atoms with E-state index >= 15 is 0 Å². The van der Waals surface area contributed by atoms with Gasteiger partial charge in [0.1, 0.15) is 17.9 Å². The van der Waals surface area contributed by atoms with Crippen LogP contribution in [0.5, 0.6) is 5.75 Å². The van der Waals surface area contributed by atoms with Gasteiger partial charge in [-0.3, -0.25) is 9.82 Å². The average molecular weight is 354 g/mol. The molecule has 7 nitrogen and oxygen atoms in total. The topological polar surface area (TPSA) is 97.0 Å². The molecule has 0 amide bonds. The summed E-state index contributed by atoms with van der Waals surface area (Å²) in [4.78, 5) is 3.87. The van der Waals surface area contributed by atoms with Crippen molar-refractivity contribution in [2.45, 2.75) is 4.21 Å². The van der Waals surface area contributed by atoms with Crippen molar-refractivity contribution in [3.63, 3.8) is 0 Å². The number of sulfonamides is 1. The van der Waals surface area contributed by atoms with Crippen molar-refractivity contribution >= 4 is 27.0 Å². The Morgan fingerprint density at radius 2 is 2.17 bits per heavy atom. The zero-order valence-corrected chi connectivity index (χ0v) is 13.4. The van der Waals surface area contributed by atoms with Crippen LogP contribution in [0.25, 0.3) is 11.4 Å². The van der Waals surface area contributed by atoms with E-state index in [9.17, 15) is 12.8 Å². The van der Waals surface area contributed by atoms with Crippen LogP contribution in [0.1, 0.15) is 0 Å². The third-order valence-corrected chi connectivity index (χ3v) is 5.78. The molecule has 3 aromatic rings. The number of halogens is 1. The molecule has 0 saturated carbocycles. The molecule has 0 aliphatic carbocycles. The number of nitrogens with zero attached hydrogens (tertiary/aromatic N) is 2. The summed E-state index contributed by atoms with van der Waals surface area (Å²) in [5, 5.41) is 7.77. The van der Waals surface area contributed by atoms with Crippen LogP contribution in [0.4, 0.5) is 10.1 Å². The molecular weight excluding hydrogens is 343 g/mol. The number of aromatic amines is 1. The molecule has 10 heteroatoms. The number of hydrogen-bond donors (Lipinski definition) is 2. The number of ether oxygens (including phenoxy) is 1. The van der Waals surface area contributed by atoms with Crippen molar-refractivity contribution in [1.29, 1.82) is 0 Å². The Morgan fingerprint density at radius 3 is 2.87 bits per heavy atom. The number of benzene rings is 1. The first-order chi connectivity index (χ1) is 11.0. The zero-order chi connectivity index (χ0) is 16.4. The van der Waals surface area contributed by atoms with Crippen LogP contribution in [-0.2, 0) is 10.0 Å². The predicted molar refractivity (Wildman–Crippen MR) is 83.5 cm³/mol. The van der Waals surface area contributed by atoms with Gasteiger partial charge in [0.2, 0.25) is 0 Å². The van der Waals surface area contributed by atoms with Crippen LogP contribution in [0.2, 0.25) is 0 Å². The third-order valence-electron chi connectivity index (χ3n) is 2.97. The van der Waals surface area contributed by atoms with E-state index in [-0.39, 0.29) is 27.0 Å². The van der Waals surface area contributed by atoms with Gasteiger partial charge in [-0.05, 0) is 23.6 Å². The van der Waals surface area contributed by atoms with E-state index in [1.54, 1.807) is 11.4 Å². The highest BCUT2D eigenvalue weighted by Crippen LogP contribution is 2.34. The van der Waals surface area contributed by atoms with Crippen LogP contribution in [0, 0.1) is 5.82 Å². The largest absolute Gasteiger partial charge is 0.494 e. The van der Waals surface area contributed by atoms with Gasteiger partial charge >= 0.3 is 0 Å². The van der Waals surface area contributed by atoms with E-state index < -0.39 is 15.8 Å². The molecule has 1 aromatic carbocycles. The summed E-state index contributed by atoms with van der Waals surface area (Å²) in [6.07, 6.45) is 1.21. The first kappa shape index (κ1) is 15.4. The normalized spacial score (nSPS) is 11.4. The maximum Gasteiger partial charge on any atom is 0.275 e. The minimum absolute atomic E-state index is 0.00720.